The first-order valence-corrected chi connectivity index (χ1v) is 23.1. The van der Waals surface area contributed by atoms with Crippen molar-refractivity contribution >= 4 is 19.8 Å². The van der Waals surface area contributed by atoms with Gasteiger partial charge in [-0.05, 0) is 44.9 Å². The molecule has 0 aromatic heterocycles. The quantitative estimate of drug-likeness (QED) is 0.0216. The van der Waals surface area contributed by atoms with E-state index < -0.39 is 26.5 Å². The first-order chi connectivity index (χ1) is 25.5. The van der Waals surface area contributed by atoms with Gasteiger partial charge in [-0.1, -0.05) is 154 Å². The van der Waals surface area contributed by atoms with Crippen LogP contribution in [0.3, 0.4) is 0 Å². The largest absolute Gasteiger partial charge is 0.472 e. The topological polar surface area (TPSA) is 108 Å². The molecule has 9 nitrogen and oxygen atoms in total. The fourth-order valence-electron chi connectivity index (χ4n) is 5.81. The Labute approximate surface area is 326 Å². The number of hydrogen-bond donors (Lipinski definition) is 1. The van der Waals surface area contributed by atoms with Crippen LogP contribution in [-0.4, -0.2) is 74.9 Å². The minimum atomic E-state index is -4.36. The molecule has 2 unspecified atom stereocenters. The number of rotatable bonds is 39. The Morgan fingerprint density at radius 3 is 1.49 bits per heavy atom. The highest BCUT2D eigenvalue weighted by Gasteiger charge is 2.27. The average Bonchev–Trinajstić information content (AvgIpc) is 3.10. The van der Waals surface area contributed by atoms with E-state index in [0.717, 1.165) is 51.4 Å². The van der Waals surface area contributed by atoms with E-state index in [1.807, 2.05) is 21.1 Å². The Morgan fingerprint density at radius 1 is 0.585 bits per heavy atom. The van der Waals surface area contributed by atoms with Crippen molar-refractivity contribution in [1.82, 2.24) is 0 Å². The molecule has 2 atom stereocenters. The second-order valence-electron chi connectivity index (χ2n) is 15.7. The van der Waals surface area contributed by atoms with Crippen molar-refractivity contribution in [3.8, 4) is 0 Å². The van der Waals surface area contributed by atoms with Crippen LogP contribution in [0.1, 0.15) is 187 Å². The average molecular weight is 773 g/mol. The van der Waals surface area contributed by atoms with Gasteiger partial charge in [0.25, 0.3) is 0 Å². The number of quaternary nitrogens is 1. The Balaban J connectivity index is 4.14. The van der Waals surface area contributed by atoms with Crippen molar-refractivity contribution in [3.63, 3.8) is 0 Å². The molecule has 0 saturated carbocycles. The Morgan fingerprint density at radius 2 is 1.02 bits per heavy atom. The van der Waals surface area contributed by atoms with Crippen molar-refractivity contribution in [2.45, 2.75) is 193 Å². The van der Waals surface area contributed by atoms with Crippen LogP contribution in [0.25, 0.3) is 0 Å². The van der Waals surface area contributed by atoms with Gasteiger partial charge in [-0.2, -0.15) is 0 Å². The van der Waals surface area contributed by atoms with Gasteiger partial charge in [-0.3, -0.25) is 18.6 Å². The van der Waals surface area contributed by atoms with E-state index in [-0.39, 0.29) is 32.0 Å². The molecule has 1 N–H and O–H groups in total. The highest BCUT2D eigenvalue weighted by Crippen LogP contribution is 2.43. The van der Waals surface area contributed by atoms with Crippen LogP contribution in [0.2, 0.25) is 0 Å². The first-order valence-electron chi connectivity index (χ1n) is 21.6. The molecule has 0 aliphatic heterocycles. The number of phosphoric acid groups is 1. The van der Waals surface area contributed by atoms with E-state index >= 15 is 0 Å². The van der Waals surface area contributed by atoms with Crippen LogP contribution in [0.5, 0.6) is 0 Å². The number of ether oxygens (including phenoxy) is 2. The van der Waals surface area contributed by atoms with E-state index in [2.05, 4.69) is 38.2 Å². The Bertz CT molecular complexity index is 964. The fourth-order valence-corrected chi connectivity index (χ4v) is 6.55. The number of allylic oxidation sites excluding steroid dienone is 4. The molecule has 0 fully saturated rings. The van der Waals surface area contributed by atoms with E-state index in [0.29, 0.717) is 17.4 Å². The van der Waals surface area contributed by atoms with Crippen LogP contribution in [0.15, 0.2) is 24.3 Å². The van der Waals surface area contributed by atoms with Gasteiger partial charge in [-0.25, -0.2) is 4.57 Å². The normalized spacial score (nSPS) is 13.8. The monoisotopic (exact) mass is 773 g/mol. The number of hydrogen-bond acceptors (Lipinski definition) is 7. The lowest BCUT2D eigenvalue weighted by Crippen LogP contribution is -2.37. The summed E-state index contributed by atoms with van der Waals surface area (Å²) < 4.78 is 34.1. The Hall–Kier alpha value is -1.51. The molecule has 0 saturated heterocycles. The van der Waals surface area contributed by atoms with E-state index in [1.165, 1.54) is 103 Å². The zero-order chi connectivity index (χ0) is 39.3. The molecule has 0 amide bonds. The van der Waals surface area contributed by atoms with Crippen LogP contribution < -0.4 is 0 Å². The van der Waals surface area contributed by atoms with Crippen molar-refractivity contribution < 1.29 is 42.1 Å². The molecule has 10 heteroatoms. The molecule has 0 aliphatic carbocycles. The minimum Gasteiger partial charge on any atom is -0.462 e. The van der Waals surface area contributed by atoms with Crippen molar-refractivity contribution in [1.29, 1.82) is 0 Å². The summed E-state index contributed by atoms with van der Waals surface area (Å²) in [4.78, 5) is 35.1. The number of unbranched alkanes of at least 4 members (excludes halogenated alkanes) is 21. The van der Waals surface area contributed by atoms with Gasteiger partial charge >= 0.3 is 19.8 Å². The third-order valence-electron chi connectivity index (χ3n) is 9.23. The molecule has 0 aromatic rings. The lowest BCUT2D eigenvalue weighted by Gasteiger charge is -2.24. The lowest BCUT2D eigenvalue weighted by atomic mass is 10.0. The number of esters is 2. The molecule has 0 bridgehead atoms. The van der Waals surface area contributed by atoms with Gasteiger partial charge in [0.15, 0.2) is 6.10 Å². The molecular formula is C43H83NO8P+. The fraction of sp³-hybridized carbons (Fsp3) is 0.860. The highest BCUT2D eigenvalue weighted by atomic mass is 31.2. The maximum atomic E-state index is 12.6. The third-order valence-corrected chi connectivity index (χ3v) is 10.2. The molecule has 53 heavy (non-hydrogen) atoms. The summed E-state index contributed by atoms with van der Waals surface area (Å²) >= 11 is 0. The molecule has 0 aliphatic rings. The van der Waals surface area contributed by atoms with Gasteiger partial charge in [0.1, 0.15) is 19.8 Å². The molecule has 0 aromatic carbocycles. The smallest absolute Gasteiger partial charge is 0.462 e. The summed E-state index contributed by atoms with van der Waals surface area (Å²) in [6, 6.07) is 0. The number of likely N-dealkylation sites (N-methyl/N-ethyl adjacent to an activating group) is 1. The highest BCUT2D eigenvalue weighted by molar-refractivity contribution is 7.47. The van der Waals surface area contributed by atoms with Crippen molar-refractivity contribution in [2.24, 2.45) is 0 Å². The molecular weight excluding hydrogens is 689 g/mol. The molecule has 0 heterocycles. The summed E-state index contributed by atoms with van der Waals surface area (Å²) in [5.41, 5.74) is 0. The van der Waals surface area contributed by atoms with Crippen LogP contribution in [-0.2, 0) is 32.7 Å². The summed E-state index contributed by atoms with van der Waals surface area (Å²) in [5.74, 6) is -0.807. The van der Waals surface area contributed by atoms with Gasteiger partial charge in [-0.15, -0.1) is 0 Å². The zero-order valence-electron chi connectivity index (χ0n) is 35.0. The first kappa shape index (κ1) is 51.5. The lowest BCUT2D eigenvalue weighted by molar-refractivity contribution is -0.870. The SMILES string of the molecule is CCCCCCC/C=C\C/C=C\CCCCCCCCCCCCCC(=O)OC(COC(=O)CCCCCCCC)COP(=O)(O)OCC[N+](C)(C)C. The maximum absolute atomic E-state index is 12.6. The number of carbonyl (C=O) groups is 2. The molecule has 312 valence electrons. The van der Waals surface area contributed by atoms with E-state index in [9.17, 15) is 19.0 Å². The van der Waals surface area contributed by atoms with Gasteiger partial charge in [0.05, 0.1) is 27.7 Å². The molecule has 0 spiro atoms. The van der Waals surface area contributed by atoms with Crippen LogP contribution in [0, 0.1) is 0 Å². The molecule has 0 rings (SSSR count). The predicted molar refractivity (Wildman–Crippen MR) is 220 cm³/mol. The third kappa shape index (κ3) is 40.0. The number of carbonyl (C=O) groups excluding carboxylic acids is 2. The zero-order valence-corrected chi connectivity index (χ0v) is 35.9. The van der Waals surface area contributed by atoms with E-state index in [1.54, 1.807) is 0 Å². The number of phosphoric ester groups is 1. The molecule has 0 radical (unpaired) electrons. The predicted octanol–water partition coefficient (Wildman–Crippen LogP) is 12.0. The van der Waals surface area contributed by atoms with Gasteiger partial charge < -0.3 is 18.9 Å². The summed E-state index contributed by atoms with van der Waals surface area (Å²) in [6.45, 7) is 4.34. The van der Waals surface area contributed by atoms with Gasteiger partial charge in [0.2, 0.25) is 0 Å². The Kier molecular flexibility index (Phi) is 35.1. The maximum Gasteiger partial charge on any atom is 0.472 e. The second-order valence-corrected chi connectivity index (χ2v) is 17.2. The second kappa shape index (κ2) is 36.1. The van der Waals surface area contributed by atoms with Crippen molar-refractivity contribution in [2.75, 3.05) is 47.5 Å². The van der Waals surface area contributed by atoms with Crippen molar-refractivity contribution in [3.05, 3.63) is 24.3 Å². The minimum absolute atomic E-state index is 0.0327. The summed E-state index contributed by atoms with van der Waals surface area (Å²) in [5, 5.41) is 0. The van der Waals surface area contributed by atoms with Gasteiger partial charge in [0, 0.05) is 12.8 Å². The standard InChI is InChI=1S/C43H82NO8P/c1-6-8-10-12-14-15-16-17-18-19-20-21-22-23-24-25-26-27-28-29-30-32-34-36-43(46)52-41(39-49-42(45)35-33-31-13-11-9-7-2)40-51-53(47,48)50-38-37-44(3,4)5/h16-17,19-20,41H,6-15,18,21-40H2,1-5H3/p+1/b17-16-,20-19-. The van der Waals surface area contributed by atoms with E-state index in [4.69, 9.17) is 18.5 Å². The summed E-state index contributed by atoms with van der Waals surface area (Å²) in [6.07, 6.45) is 38.3. The summed E-state index contributed by atoms with van der Waals surface area (Å²) in [7, 11) is 1.48. The van der Waals surface area contributed by atoms with Crippen LogP contribution >= 0.6 is 7.82 Å². The number of nitrogens with zero attached hydrogens (tertiary/aromatic N) is 1. The van der Waals surface area contributed by atoms with Crippen LogP contribution in [0.4, 0.5) is 0 Å².